The highest BCUT2D eigenvalue weighted by Crippen LogP contribution is 2.11. The fourth-order valence-electron chi connectivity index (χ4n) is 2.53. The number of hydrogen-bond acceptors (Lipinski definition) is 4. The molecular formula is C18H35N3O2. The number of alkyl carbamates (subject to hydrolysis) is 1. The van der Waals surface area contributed by atoms with Crippen LogP contribution in [0.15, 0.2) is 11.6 Å². The first-order chi connectivity index (χ1) is 10.7. The van der Waals surface area contributed by atoms with Crippen molar-refractivity contribution >= 4 is 6.09 Å². The lowest BCUT2D eigenvalue weighted by atomic mass is 10.0. The van der Waals surface area contributed by atoms with Gasteiger partial charge in [0.1, 0.15) is 5.60 Å². The van der Waals surface area contributed by atoms with Gasteiger partial charge in [0.05, 0.1) is 0 Å². The van der Waals surface area contributed by atoms with Gasteiger partial charge in [-0.3, -0.25) is 4.90 Å². The molecule has 1 heterocycles. The van der Waals surface area contributed by atoms with E-state index in [2.05, 4.69) is 35.5 Å². The second kappa shape index (κ2) is 9.28. The zero-order chi connectivity index (χ0) is 17.5. The summed E-state index contributed by atoms with van der Waals surface area (Å²) in [6.45, 7) is 16.0. The molecule has 0 radical (unpaired) electrons. The highest BCUT2D eigenvalue weighted by molar-refractivity contribution is 5.68. The van der Waals surface area contributed by atoms with Crippen molar-refractivity contribution < 1.29 is 9.53 Å². The molecule has 0 aromatic carbocycles. The number of likely N-dealkylation sites (tertiary alicyclic amines) is 1. The standard InChI is InChI=1S/C18H35N3O2/c1-14(2)7-10-21-11-8-16(9-12-21)19-13-15(3)20-17(22)23-18(4,5)6/h7,15-16,19H,8-13H2,1-6H3,(H,20,22). The molecule has 0 saturated carbocycles. The number of nitrogens with one attached hydrogen (secondary N) is 2. The lowest BCUT2D eigenvalue weighted by Gasteiger charge is -2.32. The van der Waals surface area contributed by atoms with E-state index in [-0.39, 0.29) is 12.1 Å². The molecule has 0 aromatic rings. The Labute approximate surface area is 141 Å². The molecule has 1 aliphatic heterocycles. The molecule has 1 rings (SSSR count). The molecule has 1 unspecified atom stereocenters. The van der Waals surface area contributed by atoms with Crippen LogP contribution in [-0.4, -0.2) is 54.9 Å². The number of allylic oxidation sites excluding steroid dienone is 1. The first-order valence-electron chi connectivity index (χ1n) is 8.74. The summed E-state index contributed by atoms with van der Waals surface area (Å²) >= 11 is 0. The van der Waals surface area contributed by atoms with Gasteiger partial charge in [0, 0.05) is 25.2 Å². The molecule has 1 fully saturated rings. The van der Waals surface area contributed by atoms with E-state index in [0.717, 1.165) is 39.0 Å². The minimum atomic E-state index is -0.449. The number of piperidine rings is 1. The third-order valence-electron chi connectivity index (χ3n) is 3.82. The van der Waals surface area contributed by atoms with Crippen molar-refractivity contribution in [2.75, 3.05) is 26.2 Å². The van der Waals surface area contributed by atoms with Crippen LogP contribution in [0.2, 0.25) is 0 Å². The van der Waals surface area contributed by atoms with Crippen molar-refractivity contribution in [1.82, 2.24) is 15.5 Å². The van der Waals surface area contributed by atoms with Crippen LogP contribution in [0.3, 0.4) is 0 Å². The monoisotopic (exact) mass is 325 g/mol. The summed E-state index contributed by atoms with van der Waals surface area (Å²) in [6, 6.07) is 0.606. The Morgan fingerprint density at radius 3 is 2.43 bits per heavy atom. The summed E-state index contributed by atoms with van der Waals surface area (Å²) in [5.41, 5.74) is 0.933. The molecular weight excluding hydrogens is 290 g/mol. The normalized spacial score (nSPS) is 18.3. The number of hydrogen-bond donors (Lipinski definition) is 2. The lowest BCUT2D eigenvalue weighted by molar-refractivity contribution is 0.0507. The quantitative estimate of drug-likeness (QED) is 0.737. The fraction of sp³-hybridized carbons (Fsp3) is 0.833. The largest absolute Gasteiger partial charge is 0.444 e. The molecule has 1 saturated heterocycles. The third kappa shape index (κ3) is 9.61. The van der Waals surface area contributed by atoms with Crippen molar-refractivity contribution in [2.24, 2.45) is 0 Å². The predicted octanol–water partition coefficient (Wildman–Crippen LogP) is 2.92. The summed E-state index contributed by atoms with van der Waals surface area (Å²) in [7, 11) is 0. The average molecular weight is 325 g/mol. The topological polar surface area (TPSA) is 53.6 Å². The van der Waals surface area contributed by atoms with Gasteiger partial charge in [-0.25, -0.2) is 4.79 Å². The van der Waals surface area contributed by atoms with Crippen molar-refractivity contribution in [2.45, 2.75) is 72.1 Å². The molecule has 1 amide bonds. The van der Waals surface area contributed by atoms with Crippen LogP contribution >= 0.6 is 0 Å². The first-order valence-corrected chi connectivity index (χ1v) is 8.74. The van der Waals surface area contributed by atoms with E-state index in [1.54, 1.807) is 0 Å². The molecule has 23 heavy (non-hydrogen) atoms. The van der Waals surface area contributed by atoms with Crippen LogP contribution in [0.1, 0.15) is 54.4 Å². The highest BCUT2D eigenvalue weighted by atomic mass is 16.6. The second-order valence-corrected chi connectivity index (χ2v) is 7.81. The van der Waals surface area contributed by atoms with Gasteiger partial charge in [-0.15, -0.1) is 0 Å². The Morgan fingerprint density at radius 2 is 1.91 bits per heavy atom. The van der Waals surface area contributed by atoms with Gasteiger partial charge in [0.2, 0.25) is 0 Å². The number of rotatable bonds is 6. The zero-order valence-electron chi connectivity index (χ0n) is 15.7. The van der Waals surface area contributed by atoms with Crippen LogP contribution in [-0.2, 0) is 4.74 Å². The molecule has 2 N–H and O–H groups in total. The summed E-state index contributed by atoms with van der Waals surface area (Å²) < 4.78 is 5.27. The predicted molar refractivity (Wildman–Crippen MR) is 95.7 cm³/mol. The Kier molecular flexibility index (Phi) is 8.06. The summed E-state index contributed by atoms with van der Waals surface area (Å²) in [5.74, 6) is 0. The van der Waals surface area contributed by atoms with Crippen LogP contribution < -0.4 is 10.6 Å². The molecule has 5 nitrogen and oxygen atoms in total. The van der Waals surface area contributed by atoms with E-state index in [4.69, 9.17) is 4.74 Å². The van der Waals surface area contributed by atoms with E-state index in [0.29, 0.717) is 6.04 Å². The maximum atomic E-state index is 11.7. The summed E-state index contributed by atoms with van der Waals surface area (Å²) in [6.07, 6.45) is 4.27. The minimum absolute atomic E-state index is 0.0635. The number of amides is 1. The average Bonchev–Trinajstić information content (AvgIpc) is 2.41. The van der Waals surface area contributed by atoms with Gasteiger partial charge >= 0.3 is 6.09 Å². The van der Waals surface area contributed by atoms with Crippen LogP contribution in [0.25, 0.3) is 0 Å². The van der Waals surface area contributed by atoms with Crippen molar-refractivity contribution in [1.29, 1.82) is 0 Å². The molecule has 5 heteroatoms. The minimum Gasteiger partial charge on any atom is -0.444 e. The summed E-state index contributed by atoms with van der Waals surface area (Å²) in [5, 5.41) is 6.44. The van der Waals surface area contributed by atoms with Crippen LogP contribution in [0.5, 0.6) is 0 Å². The molecule has 0 spiro atoms. The van der Waals surface area contributed by atoms with Gasteiger partial charge in [-0.05, 0) is 67.5 Å². The molecule has 134 valence electrons. The fourth-order valence-corrected chi connectivity index (χ4v) is 2.53. The van der Waals surface area contributed by atoms with Gasteiger partial charge in [0.25, 0.3) is 0 Å². The van der Waals surface area contributed by atoms with Crippen LogP contribution in [0.4, 0.5) is 4.79 Å². The lowest BCUT2D eigenvalue weighted by Crippen LogP contribution is -2.48. The SMILES string of the molecule is CC(C)=CCN1CCC(NCC(C)NC(=O)OC(C)(C)C)CC1. The number of nitrogens with zero attached hydrogens (tertiary/aromatic N) is 1. The maximum absolute atomic E-state index is 11.7. The molecule has 0 aliphatic carbocycles. The van der Waals surface area contributed by atoms with Gasteiger partial charge in [0.15, 0.2) is 0 Å². The van der Waals surface area contributed by atoms with E-state index in [1.165, 1.54) is 5.57 Å². The van der Waals surface area contributed by atoms with E-state index >= 15 is 0 Å². The number of ether oxygens (including phenoxy) is 1. The number of carbonyl (C=O) groups is 1. The molecule has 1 atom stereocenters. The van der Waals surface area contributed by atoms with E-state index in [1.807, 2.05) is 27.7 Å². The van der Waals surface area contributed by atoms with Gasteiger partial charge in [-0.2, -0.15) is 0 Å². The first kappa shape index (κ1) is 20.0. The van der Waals surface area contributed by atoms with Crippen LogP contribution in [0, 0.1) is 0 Å². The number of carbonyl (C=O) groups excluding carboxylic acids is 1. The molecule has 0 bridgehead atoms. The summed E-state index contributed by atoms with van der Waals surface area (Å²) in [4.78, 5) is 14.2. The van der Waals surface area contributed by atoms with E-state index in [9.17, 15) is 4.79 Å². The Balaban J connectivity index is 2.19. The van der Waals surface area contributed by atoms with Gasteiger partial charge < -0.3 is 15.4 Å². The smallest absolute Gasteiger partial charge is 0.407 e. The van der Waals surface area contributed by atoms with Crippen molar-refractivity contribution in [3.8, 4) is 0 Å². The Morgan fingerprint density at radius 1 is 1.30 bits per heavy atom. The Hall–Kier alpha value is -1.07. The highest BCUT2D eigenvalue weighted by Gasteiger charge is 2.20. The Bertz CT molecular complexity index is 390. The van der Waals surface area contributed by atoms with Gasteiger partial charge in [-0.1, -0.05) is 11.6 Å². The zero-order valence-corrected chi connectivity index (χ0v) is 15.7. The second-order valence-electron chi connectivity index (χ2n) is 7.81. The van der Waals surface area contributed by atoms with E-state index < -0.39 is 5.60 Å². The molecule has 0 aromatic heterocycles. The van der Waals surface area contributed by atoms with Crippen molar-refractivity contribution in [3.63, 3.8) is 0 Å². The van der Waals surface area contributed by atoms with Crippen molar-refractivity contribution in [3.05, 3.63) is 11.6 Å². The third-order valence-corrected chi connectivity index (χ3v) is 3.82. The molecule has 1 aliphatic rings. The maximum Gasteiger partial charge on any atom is 0.407 e.